The highest BCUT2D eigenvalue weighted by molar-refractivity contribution is 5.80. The SMILES string of the molecule is CC(C)(CNC(=O)OC(C)(C)C)NC(=O)Cn1nnc2ccccc21. The smallest absolute Gasteiger partial charge is 0.407 e. The van der Waals surface area contributed by atoms with Crippen LogP contribution >= 0.6 is 0 Å². The zero-order valence-corrected chi connectivity index (χ0v) is 15.3. The molecular weight excluding hydrogens is 322 g/mol. The fourth-order valence-electron chi connectivity index (χ4n) is 2.24. The number of benzene rings is 1. The zero-order valence-electron chi connectivity index (χ0n) is 15.3. The first-order valence-corrected chi connectivity index (χ1v) is 8.12. The lowest BCUT2D eigenvalue weighted by atomic mass is 10.1. The molecule has 0 unspecified atom stereocenters. The minimum Gasteiger partial charge on any atom is -0.444 e. The van der Waals surface area contributed by atoms with Crippen molar-refractivity contribution in [2.75, 3.05) is 6.54 Å². The Morgan fingerprint density at radius 3 is 2.52 bits per heavy atom. The average molecular weight is 347 g/mol. The van der Waals surface area contributed by atoms with Crippen LogP contribution < -0.4 is 10.6 Å². The Morgan fingerprint density at radius 1 is 1.16 bits per heavy atom. The second kappa shape index (κ2) is 7.08. The summed E-state index contributed by atoms with van der Waals surface area (Å²) >= 11 is 0. The van der Waals surface area contributed by atoms with Crippen LogP contribution in [0.15, 0.2) is 24.3 Å². The molecule has 2 N–H and O–H groups in total. The maximum absolute atomic E-state index is 12.3. The van der Waals surface area contributed by atoms with Gasteiger partial charge in [0.25, 0.3) is 0 Å². The number of fused-ring (bicyclic) bond motifs is 1. The van der Waals surface area contributed by atoms with Gasteiger partial charge in [0.15, 0.2) is 0 Å². The number of nitrogens with one attached hydrogen (secondary N) is 2. The molecule has 8 nitrogen and oxygen atoms in total. The molecule has 0 bridgehead atoms. The molecule has 136 valence electrons. The summed E-state index contributed by atoms with van der Waals surface area (Å²) in [6.07, 6.45) is -0.517. The second-order valence-electron chi connectivity index (χ2n) is 7.52. The molecule has 0 atom stereocenters. The van der Waals surface area contributed by atoms with Crippen molar-refractivity contribution in [3.63, 3.8) is 0 Å². The summed E-state index contributed by atoms with van der Waals surface area (Å²) in [4.78, 5) is 24.0. The summed E-state index contributed by atoms with van der Waals surface area (Å²) in [5, 5.41) is 13.6. The van der Waals surface area contributed by atoms with Gasteiger partial charge in [-0.05, 0) is 46.8 Å². The number of hydrogen-bond acceptors (Lipinski definition) is 5. The van der Waals surface area contributed by atoms with Gasteiger partial charge in [-0.2, -0.15) is 0 Å². The van der Waals surface area contributed by atoms with Gasteiger partial charge in [0.2, 0.25) is 5.91 Å². The number of hydrogen-bond donors (Lipinski definition) is 2. The normalized spacial score (nSPS) is 12.0. The maximum Gasteiger partial charge on any atom is 0.407 e. The van der Waals surface area contributed by atoms with E-state index in [9.17, 15) is 9.59 Å². The van der Waals surface area contributed by atoms with Crippen LogP contribution in [-0.4, -0.2) is 44.7 Å². The first-order valence-electron chi connectivity index (χ1n) is 8.12. The number of nitrogens with zero attached hydrogens (tertiary/aromatic N) is 3. The molecule has 0 saturated heterocycles. The third-order valence-electron chi connectivity index (χ3n) is 3.26. The summed E-state index contributed by atoms with van der Waals surface area (Å²) in [7, 11) is 0. The molecule has 0 aliphatic heterocycles. The molecule has 0 saturated carbocycles. The molecule has 8 heteroatoms. The van der Waals surface area contributed by atoms with Crippen LogP contribution in [0.1, 0.15) is 34.6 Å². The third kappa shape index (κ3) is 5.74. The van der Waals surface area contributed by atoms with Crippen molar-refractivity contribution in [1.29, 1.82) is 0 Å². The van der Waals surface area contributed by atoms with Gasteiger partial charge in [-0.3, -0.25) is 4.79 Å². The van der Waals surface area contributed by atoms with Crippen LogP contribution in [0.4, 0.5) is 4.79 Å². The standard InChI is InChI=1S/C17H25N5O3/c1-16(2,3)25-15(24)18-11-17(4,5)19-14(23)10-22-13-9-7-6-8-12(13)20-21-22/h6-9H,10-11H2,1-5H3,(H,18,24)(H,19,23). The van der Waals surface area contributed by atoms with E-state index in [1.54, 1.807) is 25.5 Å². The van der Waals surface area contributed by atoms with E-state index in [0.717, 1.165) is 11.0 Å². The van der Waals surface area contributed by atoms with Gasteiger partial charge < -0.3 is 15.4 Å². The summed E-state index contributed by atoms with van der Waals surface area (Å²) in [5.41, 5.74) is 0.333. The molecule has 0 spiro atoms. The second-order valence-corrected chi connectivity index (χ2v) is 7.52. The highest BCUT2D eigenvalue weighted by Crippen LogP contribution is 2.10. The minimum absolute atomic E-state index is 0.0520. The van der Waals surface area contributed by atoms with Crippen LogP contribution in [0.3, 0.4) is 0 Å². The lowest BCUT2D eigenvalue weighted by Gasteiger charge is -2.27. The molecule has 2 aromatic rings. The molecule has 0 aliphatic rings. The topological polar surface area (TPSA) is 98.1 Å². The maximum atomic E-state index is 12.3. The number of carbonyl (C=O) groups is 2. The molecular formula is C17H25N5O3. The van der Waals surface area contributed by atoms with Crippen molar-refractivity contribution in [2.24, 2.45) is 0 Å². The fraction of sp³-hybridized carbons (Fsp3) is 0.529. The number of alkyl carbamates (subject to hydrolysis) is 1. The Bertz CT molecular complexity index is 761. The Hall–Kier alpha value is -2.64. The van der Waals surface area contributed by atoms with Crippen molar-refractivity contribution in [3.8, 4) is 0 Å². The molecule has 1 heterocycles. The van der Waals surface area contributed by atoms with Crippen molar-refractivity contribution >= 4 is 23.0 Å². The van der Waals surface area contributed by atoms with E-state index >= 15 is 0 Å². The van der Waals surface area contributed by atoms with E-state index in [1.807, 2.05) is 38.1 Å². The van der Waals surface area contributed by atoms with Crippen LogP contribution in [0.5, 0.6) is 0 Å². The van der Waals surface area contributed by atoms with E-state index in [-0.39, 0.29) is 19.0 Å². The average Bonchev–Trinajstić information content (AvgIpc) is 2.86. The Kier molecular flexibility index (Phi) is 5.30. The van der Waals surface area contributed by atoms with Gasteiger partial charge in [-0.25, -0.2) is 9.48 Å². The number of aromatic nitrogens is 3. The van der Waals surface area contributed by atoms with E-state index in [1.165, 1.54) is 0 Å². The van der Waals surface area contributed by atoms with Crippen LogP contribution in [-0.2, 0) is 16.1 Å². The molecule has 1 aromatic heterocycles. The van der Waals surface area contributed by atoms with E-state index in [2.05, 4.69) is 20.9 Å². The van der Waals surface area contributed by atoms with Gasteiger partial charge in [0.1, 0.15) is 17.7 Å². The quantitative estimate of drug-likeness (QED) is 0.860. The Balaban J connectivity index is 1.89. The van der Waals surface area contributed by atoms with Gasteiger partial charge >= 0.3 is 6.09 Å². The largest absolute Gasteiger partial charge is 0.444 e. The molecule has 2 rings (SSSR count). The van der Waals surface area contributed by atoms with Crippen molar-refractivity contribution in [1.82, 2.24) is 25.6 Å². The van der Waals surface area contributed by atoms with Crippen molar-refractivity contribution in [3.05, 3.63) is 24.3 Å². The van der Waals surface area contributed by atoms with E-state index in [4.69, 9.17) is 4.74 Å². The first-order chi connectivity index (χ1) is 11.6. The highest BCUT2D eigenvalue weighted by Gasteiger charge is 2.24. The number of rotatable bonds is 5. The minimum atomic E-state index is -0.635. The van der Waals surface area contributed by atoms with E-state index in [0.29, 0.717) is 0 Å². The predicted octanol–water partition coefficient (Wildman–Crippen LogP) is 1.85. The molecule has 2 amide bonds. The molecule has 0 aliphatic carbocycles. The van der Waals surface area contributed by atoms with Gasteiger partial charge in [0, 0.05) is 6.54 Å². The Morgan fingerprint density at radius 2 is 1.84 bits per heavy atom. The predicted molar refractivity (Wildman–Crippen MR) is 94.0 cm³/mol. The van der Waals surface area contributed by atoms with Crippen molar-refractivity contribution in [2.45, 2.75) is 52.3 Å². The lowest BCUT2D eigenvalue weighted by Crippen LogP contribution is -2.52. The summed E-state index contributed by atoms with van der Waals surface area (Å²) in [6, 6.07) is 7.44. The first kappa shape index (κ1) is 18.7. The number of carbonyl (C=O) groups excluding carboxylic acids is 2. The molecule has 1 aromatic carbocycles. The molecule has 0 radical (unpaired) electrons. The molecule has 0 fully saturated rings. The summed E-state index contributed by atoms with van der Waals surface area (Å²) in [5.74, 6) is -0.216. The monoisotopic (exact) mass is 347 g/mol. The van der Waals surface area contributed by atoms with Crippen LogP contribution in [0, 0.1) is 0 Å². The lowest BCUT2D eigenvalue weighted by molar-refractivity contribution is -0.123. The number of ether oxygens (including phenoxy) is 1. The van der Waals surface area contributed by atoms with E-state index < -0.39 is 17.2 Å². The van der Waals surface area contributed by atoms with Crippen LogP contribution in [0.2, 0.25) is 0 Å². The summed E-state index contributed by atoms with van der Waals surface area (Å²) < 4.78 is 6.73. The van der Waals surface area contributed by atoms with Gasteiger partial charge in [-0.15, -0.1) is 5.10 Å². The van der Waals surface area contributed by atoms with Crippen LogP contribution in [0.25, 0.3) is 11.0 Å². The Labute approximate surface area is 146 Å². The fourth-order valence-corrected chi connectivity index (χ4v) is 2.24. The van der Waals surface area contributed by atoms with Gasteiger partial charge in [0.05, 0.1) is 11.1 Å². The molecule has 25 heavy (non-hydrogen) atoms. The zero-order chi connectivity index (χ0) is 18.7. The van der Waals surface area contributed by atoms with Crippen molar-refractivity contribution < 1.29 is 14.3 Å². The number of para-hydroxylation sites is 1. The highest BCUT2D eigenvalue weighted by atomic mass is 16.6. The van der Waals surface area contributed by atoms with Gasteiger partial charge in [-0.1, -0.05) is 17.3 Å². The summed E-state index contributed by atoms with van der Waals surface area (Å²) in [6.45, 7) is 9.32. The number of amides is 2. The third-order valence-corrected chi connectivity index (χ3v) is 3.26.